The molecule has 2 rings (SSSR count). The third-order valence-corrected chi connectivity index (χ3v) is 3.17. The Bertz CT molecular complexity index is 562. The first kappa shape index (κ1) is 20.1. The van der Waals surface area contributed by atoms with Crippen molar-refractivity contribution in [2.75, 3.05) is 42.3 Å². The van der Waals surface area contributed by atoms with Gasteiger partial charge in [-0.15, -0.1) is 0 Å². The number of fused-ring (bicyclic) bond motifs is 1. The SMILES string of the molecule is C[N+](C)(C)Cc1c[nH]c2ccc([N+](C)(C)C)cc12.[I-].[I-]. The second-order valence-electron chi connectivity index (χ2n) is 7.00. The number of H-pyrrole nitrogens is 1. The van der Waals surface area contributed by atoms with Crippen molar-refractivity contribution in [1.82, 2.24) is 9.47 Å². The van der Waals surface area contributed by atoms with E-state index in [1.165, 1.54) is 22.2 Å². The average molecular weight is 501 g/mol. The Labute approximate surface area is 156 Å². The van der Waals surface area contributed by atoms with Gasteiger partial charge in [-0.3, -0.25) is 4.48 Å². The number of hydrogen-bond donors (Lipinski definition) is 1. The highest BCUT2D eigenvalue weighted by molar-refractivity contribution is 5.86. The lowest BCUT2D eigenvalue weighted by Crippen LogP contribution is -3.00. The lowest BCUT2D eigenvalue weighted by Gasteiger charge is -2.25. The van der Waals surface area contributed by atoms with Gasteiger partial charge in [0, 0.05) is 34.8 Å². The number of rotatable bonds is 3. The Hall–Kier alpha value is 0.140. The van der Waals surface area contributed by atoms with Crippen LogP contribution in [0.25, 0.3) is 10.9 Å². The minimum absolute atomic E-state index is 0. The molecule has 20 heavy (non-hydrogen) atoms. The van der Waals surface area contributed by atoms with Gasteiger partial charge in [0.25, 0.3) is 0 Å². The van der Waals surface area contributed by atoms with Crippen LogP contribution in [-0.2, 0) is 6.54 Å². The van der Waals surface area contributed by atoms with Crippen LogP contribution in [0.1, 0.15) is 5.56 Å². The molecule has 2 aromatic rings. The maximum atomic E-state index is 3.37. The molecule has 0 saturated heterocycles. The summed E-state index contributed by atoms with van der Waals surface area (Å²) in [6.07, 6.45) is 2.15. The third kappa shape index (κ3) is 4.85. The van der Waals surface area contributed by atoms with Crippen molar-refractivity contribution in [1.29, 1.82) is 0 Å². The molecule has 0 radical (unpaired) electrons. The van der Waals surface area contributed by atoms with Gasteiger partial charge < -0.3 is 57.4 Å². The number of nitrogens with zero attached hydrogens (tertiary/aromatic N) is 2. The minimum atomic E-state index is 0. The van der Waals surface area contributed by atoms with E-state index in [1.807, 2.05) is 0 Å². The molecule has 1 N–H and O–H groups in total. The van der Waals surface area contributed by atoms with E-state index in [0.717, 1.165) is 15.5 Å². The molecule has 0 fully saturated rings. The molecular formula is C15H25I2N3. The Morgan fingerprint density at radius 2 is 1.55 bits per heavy atom. The lowest BCUT2D eigenvalue weighted by molar-refractivity contribution is -0.883. The monoisotopic (exact) mass is 501 g/mol. The van der Waals surface area contributed by atoms with Crippen molar-refractivity contribution in [3.05, 3.63) is 30.0 Å². The number of quaternary nitrogens is 2. The molecule has 5 heteroatoms. The van der Waals surface area contributed by atoms with Crippen LogP contribution in [-0.4, -0.2) is 51.8 Å². The van der Waals surface area contributed by atoms with Gasteiger partial charge in [-0.2, -0.15) is 0 Å². The van der Waals surface area contributed by atoms with Crippen LogP contribution < -0.4 is 52.4 Å². The predicted octanol–water partition coefficient (Wildman–Crippen LogP) is -3.42. The van der Waals surface area contributed by atoms with Crippen molar-refractivity contribution in [3.63, 3.8) is 0 Å². The number of aromatic amines is 1. The number of hydrogen-bond acceptors (Lipinski definition) is 0. The van der Waals surface area contributed by atoms with Gasteiger partial charge in [0.1, 0.15) is 12.2 Å². The Kier molecular flexibility index (Phi) is 6.98. The van der Waals surface area contributed by atoms with Crippen molar-refractivity contribution >= 4 is 16.6 Å². The molecular weight excluding hydrogens is 476 g/mol. The Balaban J connectivity index is 0.00000180. The van der Waals surface area contributed by atoms with Gasteiger partial charge in [-0.1, -0.05) is 0 Å². The van der Waals surface area contributed by atoms with Gasteiger partial charge in [0.15, 0.2) is 0 Å². The van der Waals surface area contributed by atoms with Crippen molar-refractivity contribution < 1.29 is 52.4 Å². The molecule has 0 amide bonds. The second-order valence-corrected chi connectivity index (χ2v) is 7.00. The second kappa shape index (κ2) is 6.93. The summed E-state index contributed by atoms with van der Waals surface area (Å²) < 4.78 is 1.80. The normalized spacial score (nSPS) is 11.9. The summed E-state index contributed by atoms with van der Waals surface area (Å²) in [5, 5.41) is 1.36. The maximum Gasteiger partial charge on any atom is 0.132 e. The zero-order valence-electron chi connectivity index (χ0n) is 13.2. The molecule has 0 aliphatic heterocycles. The van der Waals surface area contributed by atoms with E-state index in [4.69, 9.17) is 0 Å². The average Bonchev–Trinajstić information content (AvgIpc) is 2.57. The van der Waals surface area contributed by atoms with E-state index < -0.39 is 0 Å². The molecule has 0 unspecified atom stereocenters. The van der Waals surface area contributed by atoms with E-state index >= 15 is 0 Å². The highest BCUT2D eigenvalue weighted by atomic mass is 127. The van der Waals surface area contributed by atoms with Crippen LogP contribution in [0.2, 0.25) is 0 Å². The third-order valence-electron chi connectivity index (χ3n) is 3.17. The molecule has 0 atom stereocenters. The summed E-state index contributed by atoms with van der Waals surface area (Å²) in [7, 11) is 13.3. The molecule has 3 nitrogen and oxygen atoms in total. The van der Waals surface area contributed by atoms with Gasteiger partial charge in [0.2, 0.25) is 0 Å². The van der Waals surface area contributed by atoms with Gasteiger partial charge in [-0.25, -0.2) is 0 Å². The molecule has 1 heterocycles. The summed E-state index contributed by atoms with van der Waals surface area (Å²) in [6.45, 7) is 1.04. The van der Waals surface area contributed by atoms with Crippen LogP contribution in [0.3, 0.4) is 0 Å². The quantitative estimate of drug-likeness (QED) is 0.334. The zero-order valence-corrected chi connectivity index (χ0v) is 17.5. The number of halogens is 2. The van der Waals surface area contributed by atoms with Gasteiger partial charge in [-0.05, 0) is 6.07 Å². The first-order valence-corrected chi connectivity index (χ1v) is 6.39. The number of benzene rings is 1. The lowest BCUT2D eigenvalue weighted by atomic mass is 10.1. The maximum absolute atomic E-state index is 3.37. The molecule has 1 aromatic heterocycles. The van der Waals surface area contributed by atoms with E-state index in [9.17, 15) is 0 Å². The molecule has 0 saturated carbocycles. The minimum Gasteiger partial charge on any atom is -1.00 e. The Morgan fingerprint density at radius 3 is 2.05 bits per heavy atom. The molecule has 0 spiro atoms. The predicted molar refractivity (Wildman–Crippen MR) is 79.6 cm³/mol. The molecule has 0 bridgehead atoms. The molecule has 0 aliphatic carbocycles. The first-order valence-electron chi connectivity index (χ1n) is 6.39. The summed E-state index contributed by atoms with van der Waals surface area (Å²) >= 11 is 0. The van der Waals surface area contributed by atoms with E-state index in [0.29, 0.717) is 0 Å². The molecule has 0 aliphatic rings. The summed E-state index contributed by atoms with van der Waals surface area (Å²) in [5.41, 5.74) is 3.97. The fourth-order valence-electron chi connectivity index (χ4n) is 2.23. The van der Waals surface area contributed by atoms with Crippen molar-refractivity contribution in [2.45, 2.75) is 6.54 Å². The summed E-state index contributed by atoms with van der Waals surface area (Å²) in [5.74, 6) is 0. The van der Waals surface area contributed by atoms with Crippen molar-refractivity contribution in [3.8, 4) is 0 Å². The van der Waals surface area contributed by atoms with Crippen LogP contribution in [0.5, 0.6) is 0 Å². The van der Waals surface area contributed by atoms with Crippen LogP contribution in [0, 0.1) is 0 Å². The van der Waals surface area contributed by atoms with Crippen molar-refractivity contribution in [2.24, 2.45) is 0 Å². The van der Waals surface area contributed by atoms with Crippen LogP contribution >= 0.6 is 0 Å². The van der Waals surface area contributed by atoms with Gasteiger partial charge in [0.05, 0.1) is 42.3 Å². The number of nitrogens with one attached hydrogen (secondary N) is 1. The number of aromatic nitrogens is 1. The molecule has 1 aromatic carbocycles. The standard InChI is InChI=1S/C15H25N3.2HI/c1-17(2,3)11-12-10-16-15-8-7-13(9-14(12)15)18(4,5)6;;/h7-10,16H,11H2,1-6H3;2*1H/q+2;;/p-2. The van der Waals surface area contributed by atoms with Crippen LogP contribution in [0.15, 0.2) is 24.4 Å². The zero-order chi connectivity index (χ0) is 13.6. The topological polar surface area (TPSA) is 15.8 Å². The largest absolute Gasteiger partial charge is 1.00 e. The molecule has 114 valence electrons. The fraction of sp³-hybridized carbons (Fsp3) is 0.467. The van der Waals surface area contributed by atoms with Crippen LogP contribution in [0.4, 0.5) is 5.69 Å². The van der Waals surface area contributed by atoms with E-state index in [1.54, 1.807) is 0 Å². The first-order chi connectivity index (χ1) is 8.17. The smallest absolute Gasteiger partial charge is 0.132 e. The highest BCUT2D eigenvalue weighted by Crippen LogP contribution is 2.27. The Morgan fingerprint density at radius 1 is 0.950 bits per heavy atom. The summed E-state index contributed by atoms with van der Waals surface area (Å²) in [6, 6.07) is 6.71. The van der Waals surface area contributed by atoms with E-state index in [-0.39, 0.29) is 48.0 Å². The van der Waals surface area contributed by atoms with Gasteiger partial charge >= 0.3 is 0 Å². The van der Waals surface area contributed by atoms with E-state index in [2.05, 4.69) is 71.7 Å². The fourth-order valence-corrected chi connectivity index (χ4v) is 2.23. The summed E-state index contributed by atoms with van der Waals surface area (Å²) in [4.78, 5) is 3.37. The highest BCUT2D eigenvalue weighted by Gasteiger charge is 2.17.